The first-order valence-electron chi connectivity index (χ1n) is 6.76. The molecule has 19 heavy (non-hydrogen) atoms. The molecule has 0 saturated carbocycles. The third-order valence-electron chi connectivity index (χ3n) is 3.62. The molecule has 1 saturated heterocycles. The van der Waals surface area contributed by atoms with E-state index in [4.69, 9.17) is 0 Å². The summed E-state index contributed by atoms with van der Waals surface area (Å²) in [6, 6.07) is -0.933. The largest absolute Gasteiger partial charge is 0.480 e. The van der Waals surface area contributed by atoms with E-state index in [-0.39, 0.29) is 12.5 Å². The number of carbonyl (C=O) groups is 1. The third kappa shape index (κ3) is 3.90. The van der Waals surface area contributed by atoms with Gasteiger partial charge >= 0.3 is 5.97 Å². The molecule has 1 rings (SSSR count). The zero-order chi connectivity index (χ0) is 14.6. The molecule has 0 radical (unpaired) electrons. The summed E-state index contributed by atoms with van der Waals surface area (Å²) < 4.78 is 27.2. The fourth-order valence-electron chi connectivity index (χ4n) is 2.30. The molecule has 0 bridgehead atoms. The summed E-state index contributed by atoms with van der Waals surface area (Å²) in [4.78, 5) is 11.3. The molecule has 0 aromatic heterocycles. The van der Waals surface area contributed by atoms with Crippen molar-refractivity contribution in [2.45, 2.75) is 45.6 Å². The maximum absolute atomic E-state index is 12.4. The average molecular weight is 292 g/mol. The van der Waals surface area contributed by atoms with Gasteiger partial charge in [-0.25, -0.2) is 0 Å². The molecule has 0 aromatic rings. The Kier molecular flexibility index (Phi) is 5.76. The highest BCUT2D eigenvalue weighted by molar-refractivity contribution is 7.86. The van der Waals surface area contributed by atoms with Crippen molar-refractivity contribution in [2.24, 2.45) is 5.92 Å². The van der Waals surface area contributed by atoms with Gasteiger partial charge in [-0.15, -0.1) is 0 Å². The first-order valence-corrected chi connectivity index (χ1v) is 8.16. The van der Waals surface area contributed by atoms with Gasteiger partial charge < -0.3 is 5.11 Å². The minimum atomic E-state index is -3.67. The molecule has 1 fully saturated rings. The average Bonchev–Trinajstić information content (AvgIpc) is 2.35. The second kappa shape index (κ2) is 6.67. The number of nitrogens with zero attached hydrogens (tertiary/aromatic N) is 2. The molecule has 0 amide bonds. The summed E-state index contributed by atoms with van der Waals surface area (Å²) in [5.74, 6) is -0.812. The van der Waals surface area contributed by atoms with Crippen molar-refractivity contribution >= 4 is 16.2 Å². The summed E-state index contributed by atoms with van der Waals surface area (Å²) in [6.45, 7) is 4.66. The molecule has 1 heterocycles. The van der Waals surface area contributed by atoms with Gasteiger partial charge in [-0.2, -0.15) is 17.0 Å². The lowest BCUT2D eigenvalue weighted by molar-refractivity contribution is -0.143. The predicted molar refractivity (Wildman–Crippen MR) is 73.0 cm³/mol. The highest BCUT2D eigenvalue weighted by atomic mass is 32.2. The van der Waals surface area contributed by atoms with E-state index in [0.717, 1.165) is 17.1 Å². The van der Waals surface area contributed by atoms with Crippen LogP contribution >= 0.6 is 0 Å². The Balaban J connectivity index is 2.88. The van der Waals surface area contributed by atoms with E-state index in [9.17, 15) is 18.3 Å². The number of hydrogen-bond acceptors (Lipinski definition) is 3. The summed E-state index contributed by atoms with van der Waals surface area (Å²) in [5.41, 5.74) is 0. The van der Waals surface area contributed by atoms with Crippen LogP contribution in [0.3, 0.4) is 0 Å². The Bertz CT molecular complexity index is 410. The molecule has 7 heteroatoms. The van der Waals surface area contributed by atoms with Crippen molar-refractivity contribution in [3.05, 3.63) is 0 Å². The van der Waals surface area contributed by atoms with Crippen LogP contribution in [0.5, 0.6) is 0 Å². The monoisotopic (exact) mass is 292 g/mol. The molecule has 1 N–H and O–H groups in total. The van der Waals surface area contributed by atoms with E-state index in [0.29, 0.717) is 19.4 Å². The molecule has 0 spiro atoms. The Labute approximate surface area is 115 Å². The van der Waals surface area contributed by atoms with Crippen LogP contribution < -0.4 is 0 Å². The Morgan fingerprint density at radius 2 is 2.11 bits per heavy atom. The minimum Gasteiger partial charge on any atom is -0.480 e. The first-order chi connectivity index (χ1) is 8.80. The maximum Gasteiger partial charge on any atom is 0.322 e. The first kappa shape index (κ1) is 16.4. The number of piperidine rings is 1. The van der Waals surface area contributed by atoms with Gasteiger partial charge in [0, 0.05) is 20.1 Å². The topological polar surface area (TPSA) is 77.9 Å². The normalized spacial score (nSPS) is 25.7. The smallest absolute Gasteiger partial charge is 0.322 e. The van der Waals surface area contributed by atoms with E-state index >= 15 is 0 Å². The van der Waals surface area contributed by atoms with Crippen LogP contribution in [0.4, 0.5) is 0 Å². The summed E-state index contributed by atoms with van der Waals surface area (Å²) in [6.07, 6.45) is 2.78. The molecule has 2 unspecified atom stereocenters. The highest BCUT2D eigenvalue weighted by Crippen LogP contribution is 2.26. The number of rotatable bonds is 6. The third-order valence-corrected chi connectivity index (χ3v) is 5.62. The van der Waals surface area contributed by atoms with Crippen molar-refractivity contribution in [1.29, 1.82) is 0 Å². The minimum absolute atomic E-state index is 0.244. The SMILES string of the molecule is CCCCN(C)S(=O)(=O)N1CCC(C)CC1C(=O)O. The maximum atomic E-state index is 12.4. The van der Waals surface area contributed by atoms with Gasteiger partial charge in [-0.1, -0.05) is 20.3 Å². The van der Waals surface area contributed by atoms with Gasteiger partial charge in [0.2, 0.25) is 0 Å². The zero-order valence-electron chi connectivity index (χ0n) is 11.9. The highest BCUT2D eigenvalue weighted by Gasteiger charge is 2.40. The van der Waals surface area contributed by atoms with Crippen molar-refractivity contribution in [2.75, 3.05) is 20.1 Å². The van der Waals surface area contributed by atoms with E-state index < -0.39 is 22.2 Å². The summed E-state index contributed by atoms with van der Waals surface area (Å²) in [5, 5.41) is 9.22. The molecule has 112 valence electrons. The second-order valence-electron chi connectivity index (χ2n) is 5.28. The molecule has 2 atom stereocenters. The summed E-state index contributed by atoms with van der Waals surface area (Å²) in [7, 11) is -2.15. The van der Waals surface area contributed by atoms with Crippen molar-refractivity contribution < 1.29 is 18.3 Å². The number of hydrogen-bond donors (Lipinski definition) is 1. The van der Waals surface area contributed by atoms with Crippen LogP contribution in [0.25, 0.3) is 0 Å². The van der Waals surface area contributed by atoms with Gasteiger partial charge in [-0.3, -0.25) is 4.79 Å². The van der Waals surface area contributed by atoms with Crippen molar-refractivity contribution in [3.63, 3.8) is 0 Å². The lowest BCUT2D eigenvalue weighted by atomic mass is 9.94. The fraction of sp³-hybridized carbons (Fsp3) is 0.917. The van der Waals surface area contributed by atoms with Crippen LogP contribution in [0.2, 0.25) is 0 Å². The predicted octanol–water partition coefficient (Wildman–Crippen LogP) is 1.15. The molecule has 0 aromatic carbocycles. The van der Waals surface area contributed by atoms with Crippen LogP contribution in [0, 0.1) is 5.92 Å². The standard InChI is InChI=1S/C12H24N2O4S/c1-4-5-7-13(3)19(17,18)14-8-6-10(2)9-11(14)12(15)16/h10-11H,4-9H2,1-3H3,(H,15,16). The van der Waals surface area contributed by atoms with E-state index in [1.165, 1.54) is 11.4 Å². The second-order valence-corrected chi connectivity index (χ2v) is 7.27. The Hall–Kier alpha value is -0.660. The Morgan fingerprint density at radius 1 is 1.47 bits per heavy atom. The quantitative estimate of drug-likeness (QED) is 0.796. The zero-order valence-corrected chi connectivity index (χ0v) is 12.7. The molecular weight excluding hydrogens is 268 g/mol. The van der Waals surface area contributed by atoms with Gasteiger partial charge in [0.25, 0.3) is 10.2 Å². The number of aliphatic carboxylic acids is 1. The van der Waals surface area contributed by atoms with Crippen LogP contribution in [0.15, 0.2) is 0 Å². The van der Waals surface area contributed by atoms with Crippen LogP contribution in [-0.4, -0.2) is 54.3 Å². The number of carboxylic acids is 1. The lowest BCUT2D eigenvalue weighted by Crippen LogP contribution is -2.53. The Morgan fingerprint density at radius 3 is 2.63 bits per heavy atom. The van der Waals surface area contributed by atoms with Crippen molar-refractivity contribution in [3.8, 4) is 0 Å². The van der Waals surface area contributed by atoms with Gasteiger partial charge in [0.05, 0.1) is 0 Å². The lowest BCUT2D eigenvalue weighted by Gasteiger charge is -2.37. The van der Waals surface area contributed by atoms with Crippen LogP contribution in [0.1, 0.15) is 39.5 Å². The fourth-order valence-corrected chi connectivity index (χ4v) is 3.85. The molecular formula is C12H24N2O4S. The number of carboxylic acid groups (broad SMARTS) is 1. The van der Waals surface area contributed by atoms with E-state index in [1.54, 1.807) is 0 Å². The molecule has 1 aliphatic heterocycles. The molecule has 0 aliphatic carbocycles. The molecule has 1 aliphatic rings. The summed E-state index contributed by atoms with van der Waals surface area (Å²) >= 11 is 0. The van der Waals surface area contributed by atoms with Gasteiger partial charge in [-0.05, 0) is 25.2 Å². The van der Waals surface area contributed by atoms with Gasteiger partial charge in [0.1, 0.15) is 6.04 Å². The van der Waals surface area contributed by atoms with Crippen LogP contribution in [-0.2, 0) is 15.0 Å². The van der Waals surface area contributed by atoms with E-state index in [2.05, 4.69) is 0 Å². The molecule has 6 nitrogen and oxygen atoms in total. The van der Waals surface area contributed by atoms with E-state index in [1.807, 2.05) is 13.8 Å². The number of unbranched alkanes of at least 4 members (excludes halogenated alkanes) is 1. The van der Waals surface area contributed by atoms with Crippen molar-refractivity contribution in [1.82, 2.24) is 8.61 Å². The van der Waals surface area contributed by atoms with Gasteiger partial charge in [0.15, 0.2) is 0 Å².